The second kappa shape index (κ2) is 40.9. The van der Waals surface area contributed by atoms with E-state index in [-0.39, 0.29) is 117 Å². The molecule has 0 bridgehead atoms. The van der Waals surface area contributed by atoms with E-state index >= 15 is 0 Å². The molecule has 1 N–H and O–H groups in total. The third-order valence-corrected chi connectivity index (χ3v) is 32.0. The standard InChI is InChI=1S/C30H35ClFNO5S2.C24H23ClFN3O3S.C22H25BClFO5S.C14H22BrNO2S/c1-7-19(17-39(36)30(3,4)5)23-15-28(34)33(6)16-26(23)24-13-21(18-40(37,38)8-2)27(31)14-25(24)29(35)20-9-11-22(32)12-10-20;1-4-21-17-12-23(30)29(3)13-19(17)16-11-22(28-33(31,32)5-2)20(25)10-18(16)24(27-21)14-6-8-15(26)9-7-14;1-6-31(27,28)13-15-11-18(23-29-21(2,3)22(4,5)30-23)17(12-19(15)24)20(26)14-7-9-16(25)10-8-14;1-6-10(9-19(18)14(2,3)4)11-7-13(17)16(5)8-12(11)15/h9-16,19H,7-8,17-18H2,1-6H3;6-13,21,28H,4-5H2,1-3H3;7-12H,6,13H2,1-5H3;7-8,10H,6,9H2,1-5H3/t19-,39-;21-;;10-,19-/m10.1/s1. The second-order valence-electron chi connectivity index (χ2n) is 33.1. The highest BCUT2D eigenvalue weighted by atomic mass is 79.9. The van der Waals surface area contributed by atoms with Crippen molar-refractivity contribution in [2.24, 2.45) is 26.1 Å². The summed E-state index contributed by atoms with van der Waals surface area (Å²) < 4.78 is 159. The number of nitrogens with one attached hydrogen (secondary N) is 1. The molecule has 123 heavy (non-hydrogen) atoms. The van der Waals surface area contributed by atoms with E-state index in [0.29, 0.717) is 80.0 Å². The number of halogens is 7. The van der Waals surface area contributed by atoms with Crippen molar-refractivity contribution in [1.82, 2.24) is 13.7 Å². The minimum Gasteiger partial charge on any atom is -0.399 e. The van der Waals surface area contributed by atoms with Gasteiger partial charge in [0.25, 0.3) is 16.7 Å². The van der Waals surface area contributed by atoms with Crippen molar-refractivity contribution in [3.8, 4) is 22.3 Å². The Morgan fingerprint density at radius 3 is 1.41 bits per heavy atom. The Kier molecular flexibility index (Phi) is 33.5. The van der Waals surface area contributed by atoms with Gasteiger partial charge in [-0.25, -0.2) is 38.4 Å². The number of aliphatic imine (C=N–C) groups is 1. The molecule has 33 heteroatoms. The van der Waals surface area contributed by atoms with E-state index in [4.69, 9.17) is 49.1 Å². The van der Waals surface area contributed by atoms with Gasteiger partial charge in [0.2, 0.25) is 10.0 Å². The predicted molar refractivity (Wildman–Crippen MR) is 497 cm³/mol. The highest BCUT2D eigenvalue weighted by molar-refractivity contribution is 9.10. The fraction of sp³-hybridized carbons (Fsp3) is 0.400. The van der Waals surface area contributed by atoms with Crippen LogP contribution < -0.4 is 26.9 Å². The average Bonchev–Trinajstić information content (AvgIpc) is 1.70. The molecule has 3 aromatic heterocycles. The fourth-order valence-electron chi connectivity index (χ4n) is 13.2. The lowest BCUT2D eigenvalue weighted by molar-refractivity contribution is 0.00578. The maximum absolute atomic E-state index is 13.8. The number of carbonyl (C=O) groups is 2. The summed E-state index contributed by atoms with van der Waals surface area (Å²) in [6.07, 6.45) is 7.20. The van der Waals surface area contributed by atoms with Gasteiger partial charge in [-0.3, -0.25) is 42.1 Å². The molecule has 2 aliphatic heterocycles. The maximum Gasteiger partial charge on any atom is 0.495 e. The third-order valence-electron chi connectivity index (χ3n) is 21.6. The predicted octanol–water partition coefficient (Wildman–Crippen LogP) is 18.1. The SMILES string of the molecule is CCS(=O)(=O)Cc1cc(B2OC(C)(C)C(C)(C)O2)c(C(=O)c2ccc(F)cc2)cc1Cl.CC[C@@H]1N=C(c2ccc(F)cc2)c2cc(Cl)c(NS(=O)(=O)CC)cc2-c2cn(C)c(=O)cc21.CC[C@H](C[S@@](=O)C(C)(C)C)c1cc(=O)n(C)cc1-c1cc(CS(=O)(=O)CC)c(Cl)cc1C(=O)c1ccc(F)cc1.CC[C@H](C[S@@](=O)C(C)(C)C)c1cc(=O)n(C)cc1Br. The molecule has 662 valence electrons. The normalized spacial score (nSPS) is 15.4. The summed E-state index contributed by atoms with van der Waals surface area (Å²) in [5.74, 6) is -2.22. The van der Waals surface area contributed by atoms with E-state index < -0.39 is 97.6 Å². The summed E-state index contributed by atoms with van der Waals surface area (Å²) in [5.41, 5.74) is 7.04. The van der Waals surface area contributed by atoms with Gasteiger partial charge < -0.3 is 23.0 Å². The zero-order chi connectivity index (χ0) is 91.9. The van der Waals surface area contributed by atoms with Gasteiger partial charge in [0.1, 0.15) is 17.5 Å². The molecule has 0 aliphatic carbocycles. The molecule has 0 radical (unpaired) electrons. The highest BCUT2D eigenvalue weighted by Gasteiger charge is 2.53. The van der Waals surface area contributed by atoms with E-state index in [1.807, 2.05) is 83.1 Å². The van der Waals surface area contributed by atoms with Gasteiger partial charge in [-0.2, -0.15) is 0 Å². The molecule has 6 aromatic carbocycles. The highest BCUT2D eigenvalue weighted by Crippen LogP contribution is 2.44. The smallest absolute Gasteiger partial charge is 0.399 e. The number of rotatable bonds is 25. The first-order chi connectivity index (χ1) is 57.1. The number of carbonyl (C=O) groups excluding carboxylic acids is 2. The van der Waals surface area contributed by atoms with Gasteiger partial charge in [0, 0.05) is 171 Å². The first kappa shape index (κ1) is 101. The molecule has 0 spiro atoms. The molecular formula is C90H105BBrCl3F3N5O15S5. The van der Waals surface area contributed by atoms with E-state index in [9.17, 15) is 70.8 Å². The summed E-state index contributed by atoms with van der Waals surface area (Å²) >= 11 is 22.9. The van der Waals surface area contributed by atoms with E-state index in [1.165, 1.54) is 94.9 Å². The van der Waals surface area contributed by atoms with Crippen molar-refractivity contribution in [3.05, 3.63) is 275 Å². The fourth-order valence-corrected chi connectivity index (χ4v) is 19.9. The molecule has 11 rings (SSSR count). The molecule has 0 unspecified atom stereocenters. The number of aryl methyl sites for hydroxylation is 3. The first-order valence-electron chi connectivity index (χ1n) is 39.9. The Bertz CT molecular complexity index is 6100. The number of hydrogen-bond donors (Lipinski definition) is 1. The second-order valence-corrected chi connectivity index (χ2v) is 46.4. The number of nitrogens with zero attached hydrogens (tertiary/aromatic N) is 4. The van der Waals surface area contributed by atoms with Crippen molar-refractivity contribution < 1.29 is 65.7 Å². The topological polar surface area (TPSA) is 280 Å². The van der Waals surface area contributed by atoms with Gasteiger partial charge in [-0.15, -0.1) is 0 Å². The number of hydrogen-bond acceptors (Lipinski definition) is 16. The molecule has 9 aromatic rings. The Morgan fingerprint density at radius 1 is 0.537 bits per heavy atom. The lowest BCUT2D eigenvalue weighted by atomic mass is 9.73. The molecular weight excluding hydrogens is 1810 g/mol. The van der Waals surface area contributed by atoms with Crippen molar-refractivity contribution in [1.29, 1.82) is 0 Å². The van der Waals surface area contributed by atoms with Crippen LogP contribution in [0.25, 0.3) is 22.3 Å². The lowest BCUT2D eigenvalue weighted by Gasteiger charge is -2.32. The Balaban J connectivity index is 0.000000209. The van der Waals surface area contributed by atoms with Crippen LogP contribution in [-0.2, 0) is 93.3 Å². The number of pyridine rings is 3. The zero-order valence-electron chi connectivity index (χ0n) is 72.3. The summed E-state index contributed by atoms with van der Waals surface area (Å²) in [7, 11) is -8.47. The molecule has 5 atom stereocenters. The summed E-state index contributed by atoms with van der Waals surface area (Å²) in [6, 6.07) is 30.0. The lowest BCUT2D eigenvalue weighted by Crippen LogP contribution is -2.41. The van der Waals surface area contributed by atoms with Crippen LogP contribution in [-0.4, -0.2) is 121 Å². The van der Waals surface area contributed by atoms with E-state index in [0.717, 1.165) is 27.6 Å². The molecule has 1 fully saturated rings. The van der Waals surface area contributed by atoms with Crippen LogP contribution in [0, 0.1) is 17.5 Å². The summed E-state index contributed by atoms with van der Waals surface area (Å²) in [4.78, 5) is 69.0. The van der Waals surface area contributed by atoms with Crippen LogP contribution >= 0.6 is 50.7 Å². The molecule has 1 saturated heterocycles. The molecule has 0 amide bonds. The Morgan fingerprint density at radius 2 is 0.959 bits per heavy atom. The Labute approximate surface area is 748 Å². The monoisotopic (exact) mass is 1910 g/mol. The molecule has 0 saturated carbocycles. The number of aromatic nitrogens is 3. The number of benzene rings is 6. The van der Waals surface area contributed by atoms with Crippen molar-refractivity contribution >= 4 is 138 Å². The van der Waals surface area contributed by atoms with Crippen LogP contribution in [0.5, 0.6) is 0 Å². The number of anilines is 1. The average molecular weight is 1910 g/mol. The summed E-state index contributed by atoms with van der Waals surface area (Å²) in [6.45, 7) is 29.8. The van der Waals surface area contributed by atoms with E-state index in [1.54, 1.807) is 107 Å². The minimum atomic E-state index is -3.57. The van der Waals surface area contributed by atoms with Crippen LogP contribution in [0.2, 0.25) is 15.1 Å². The molecule has 20 nitrogen and oxygen atoms in total. The Hall–Kier alpha value is -7.75. The van der Waals surface area contributed by atoms with Crippen LogP contribution in [0.1, 0.15) is 219 Å². The third kappa shape index (κ3) is 25.2. The maximum atomic E-state index is 13.8. The number of sulfone groups is 2. The largest absolute Gasteiger partial charge is 0.495 e. The van der Waals surface area contributed by atoms with Gasteiger partial charge in [0.15, 0.2) is 31.2 Å². The van der Waals surface area contributed by atoms with Crippen molar-refractivity contribution in [2.45, 2.75) is 180 Å². The van der Waals surface area contributed by atoms with Gasteiger partial charge in [-0.05, 0) is 271 Å². The van der Waals surface area contributed by atoms with Crippen LogP contribution in [0.3, 0.4) is 0 Å². The minimum absolute atomic E-state index is 0.0295. The van der Waals surface area contributed by atoms with Crippen molar-refractivity contribution in [3.63, 3.8) is 0 Å². The number of ketones is 2. The van der Waals surface area contributed by atoms with Gasteiger partial charge >= 0.3 is 7.12 Å². The number of fused-ring (bicyclic) bond motifs is 3. The molecule has 2 aliphatic rings. The quantitative estimate of drug-likeness (QED) is 0.0411. The summed E-state index contributed by atoms with van der Waals surface area (Å²) in [5, 5.41) is 0.475. The number of sulfonamides is 1. The van der Waals surface area contributed by atoms with Crippen molar-refractivity contribution in [2.75, 3.05) is 33.5 Å². The van der Waals surface area contributed by atoms with Crippen LogP contribution in [0.4, 0.5) is 18.9 Å². The van der Waals surface area contributed by atoms with Gasteiger partial charge in [0.05, 0.1) is 50.9 Å². The van der Waals surface area contributed by atoms with Gasteiger partial charge in [-0.1, -0.05) is 75.5 Å². The molecule has 5 heterocycles. The first-order valence-corrected chi connectivity index (χ1v) is 49.7. The van der Waals surface area contributed by atoms with Crippen LogP contribution in [0.15, 0.2) is 170 Å². The van der Waals surface area contributed by atoms with E-state index in [2.05, 4.69) is 27.6 Å². The zero-order valence-corrected chi connectivity index (χ0v) is 80.3.